The lowest BCUT2D eigenvalue weighted by Gasteiger charge is -2.09. The summed E-state index contributed by atoms with van der Waals surface area (Å²) in [6.07, 6.45) is 3.52. The molecule has 0 fully saturated rings. The van der Waals surface area contributed by atoms with Gasteiger partial charge in [-0.25, -0.2) is 0 Å². The first-order valence-electron chi connectivity index (χ1n) is 6.75. The molecule has 18 heavy (non-hydrogen) atoms. The monoisotopic (exact) mass is 249 g/mol. The molecule has 0 aliphatic carbocycles. The van der Waals surface area contributed by atoms with Gasteiger partial charge in [0.15, 0.2) is 5.78 Å². The van der Waals surface area contributed by atoms with Crippen molar-refractivity contribution in [3.8, 4) is 5.75 Å². The molecule has 0 atom stereocenters. The van der Waals surface area contributed by atoms with Crippen LogP contribution in [0.1, 0.15) is 43.5 Å². The lowest BCUT2D eigenvalue weighted by molar-refractivity contribution is 0.0987. The van der Waals surface area contributed by atoms with Crippen LogP contribution in [-0.2, 0) is 0 Å². The summed E-state index contributed by atoms with van der Waals surface area (Å²) in [5.41, 5.74) is 0.669. The average Bonchev–Trinajstić information content (AvgIpc) is 2.39. The van der Waals surface area contributed by atoms with E-state index in [9.17, 15) is 4.79 Å². The Kier molecular flexibility index (Phi) is 7.11. The molecular weight excluding hydrogens is 226 g/mol. The van der Waals surface area contributed by atoms with Crippen LogP contribution in [0.25, 0.3) is 0 Å². The van der Waals surface area contributed by atoms with Gasteiger partial charge in [0.25, 0.3) is 0 Å². The fourth-order valence-corrected chi connectivity index (χ4v) is 1.78. The van der Waals surface area contributed by atoms with Gasteiger partial charge in [-0.15, -0.1) is 0 Å². The van der Waals surface area contributed by atoms with Gasteiger partial charge in [0.2, 0.25) is 0 Å². The maximum absolute atomic E-state index is 12.0. The molecule has 0 radical (unpaired) electrons. The molecule has 1 rings (SSSR count). The third-order valence-corrected chi connectivity index (χ3v) is 2.73. The predicted octanol–water partition coefficient (Wildman–Crippen LogP) is 3.05. The van der Waals surface area contributed by atoms with Gasteiger partial charge < -0.3 is 10.1 Å². The van der Waals surface area contributed by atoms with Crippen molar-refractivity contribution in [3.05, 3.63) is 29.8 Å². The van der Waals surface area contributed by atoms with E-state index < -0.39 is 0 Å². The average molecular weight is 249 g/mol. The van der Waals surface area contributed by atoms with Crippen molar-refractivity contribution >= 4 is 5.78 Å². The molecular formula is C15H23NO2. The van der Waals surface area contributed by atoms with Crippen molar-refractivity contribution < 1.29 is 9.53 Å². The quantitative estimate of drug-likeness (QED) is 0.540. The highest BCUT2D eigenvalue weighted by atomic mass is 16.5. The summed E-state index contributed by atoms with van der Waals surface area (Å²) in [5, 5.41) is 3.18. The summed E-state index contributed by atoms with van der Waals surface area (Å²) >= 11 is 0. The van der Waals surface area contributed by atoms with Gasteiger partial charge in [0, 0.05) is 0 Å². The van der Waals surface area contributed by atoms with Gasteiger partial charge in [-0.05, 0) is 32.0 Å². The maximum Gasteiger partial charge on any atom is 0.180 e. The van der Waals surface area contributed by atoms with Crippen LogP contribution in [0.4, 0.5) is 0 Å². The Hall–Kier alpha value is -1.35. The number of unbranched alkanes of at least 4 members (excludes halogenated alkanes) is 2. The number of ether oxygens (including phenoxy) is 1. The van der Waals surface area contributed by atoms with Crippen molar-refractivity contribution in [3.63, 3.8) is 0 Å². The third kappa shape index (κ3) is 4.88. The molecule has 100 valence electrons. The van der Waals surface area contributed by atoms with Crippen LogP contribution in [0.2, 0.25) is 0 Å². The van der Waals surface area contributed by atoms with Gasteiger partial charge in [0.1, 0.15) is 5.75 Å². The number of benzene rings is 1. The Bertz CT molecular complexity index is 363. The number of carbonyl (C=O) groups is 1. The van der Waals surface area contributed by atoms with Crippen molar-refractivity contribution in [2.45, 2.75) is 33.1 Å². The Balaban J connectivity index is 2.45. The van der Waals surface area contributed by atoms with Crippen molar-refractivity contribution in [2.75, 3.05) is 19.7 Å². The van der Waals surface area contributed by atoms with Crippen LogP contribution in [0.15, 0.2) is 24.3 Å². The van der Waals surface area contributed by atoms with E-state index in [1.165, 1.54) is 12.8 Å². The van der Waals surface area contributed by atoms with Gasteiger partial charge >= 0.3 is 0 Å². The molecule has 3 nitrogen and oxygen atoms in total. The second-order valence-electron chi connectivity index (χ2n) is 4.24. The first-order valence-corrected chi connectivity index (χ1v) is 6.75. The van der Waals surface area contributed by atoms with Crippen molar-refractivity contribution in [1.29, 1.82) is 0 Å². The Morgan fingerprint density at radius 1 is 1.22 bits per heavy atom. The lowest BCUT2D eigenvalue weighted by atomic mass is 10.1. The zero-order chi connectivity index (χ0) is 13.2. The Morgan fingerprint density at radius 3 is 2.72 bits per heavy atom. The van der Waals surface area contributed by atoms with Gasteiger partial charge in [-0.2, -0.15) is 0 Å². The highest BCUT2D eigenvalue weighted by Gasteiger charge is 2.10. The molecule has 0 spiro atoms. The van der Waals surface area contributed by atoms with Gasteiger partial charge in [-0.3, -0.25) is 4.79 Å². The lowest BCUT2D eigenvalue weighted by Crippen LogP contribution is -2.24. The standard InChI is InChI=1S/C15H23NO2/c1-3-5-8-11-16-12-14(17)13-9-6-7-10-15(13)18-4-2/h6-7,9-10,16H,3-5,8,11-12H2,1-2H3. The highest BCUT2D eigenvalue weighted by Crippen LogP contribution is 2.18. The van der Waals surface area contributed by atoms with Crippen LogP contribution in [0, 0.1) is 0 Å². The molecule has 1 aromatic rings. The zero-order valence-corrected chi connectivity index (χ0v) is 11.4. The third-order valence-electron chi connectivity index (χ3n) is 2.73. The van der Waals surface area contributed by atoms with E-state index in [-0.39, 0.29) is 5.78 Å². The molecule has 0 unspecified atom stereocenters. The number of rotatable bonds is 9. The number of ketones is 1. The Morgan fingerprint density at radius 2 is 2.00 bits per heavy atom. The summed E-state index contributed by atoms with van der Waals surface area (Å²) in [6, 6.07) is 7.41. The van der Waals surface area contributed by atoms with Crippen LogP contribution in [0.5, 0.6) is 5.75 Å². The van der Waals surface area contributed by atoms with Crippen molar-refractivity contribution in [2.24, 2.45) is 0 Å². The molecule has 0 bridgehead atoms. The summed E-state index contributed by atoms with van der Waals surface area (Å²) in [5.74, 6) is 0.774. The van der Waals surface area contributed by atoms with E-state index >= 15 is 0 Å². The largest absolute Gasteiger partial charge is 0.493 e. The number of hydrogen-bond donors (Lipinski definition) is 1. The summed E-state index contributed by atoms with van der Waals surface area (Å²) < 4.78 is 5.45. The minimum absolute atomic E-state index is 0.0931. The number of nitrogens with one attached hydrogen (secondary N) is 1. The minimum atomic E-state index is 0.0931. The summed E-state index contributed by atoms with van der Waals surface area (Å²) in [6.45, 7) is 5.95. The molecule has 1 aromatic carbocycles. The maximum atomic E-state index is 12.0. The van der Waals surface area contributed by atoms with Crippen LogP contribution in [-0.4, -0.2) is 25.5 Å². The fraction of sp³-hybridized carbons (Fsp3) is 0.533. The van der Waals surface area contributed by atoms with Gasteiger partial charge in [-0.1, -0.05) is 31.9 Å². The fourth-order valence-electron chi connectivity index (χ4n) is 1.78. The summed E-state index contributed by atoms with van der Waals surface area (Å²) in [4.78, 5) is 12.0. The second-order valence-corrected chi connectivity index (χ2v) is 4.24. The van der Waals surface area contributed by atoms with E-state index in [4.69, 9.17) is 4.74 Å². The first-order chi connectivity index (χ1) is 8.79. The van der Waals surface area contributed by atoms with E-state index in [0.717, 1.165) is 13.0 Å². The van der Waals surface area contributed by atoms with E-state index in [0.29, 0.717) is 24.5 Å². The second kappa shape index (κ2) is 8.70. The highest BCUT2D eigenvalue weighted by molar-refractivity contribution is 6.00. The molecule has 3 heteroatoms. The molecule has 0 saturated carbocycles. The van der Waals surface area contributed by atoms with Crippen LogP contribution < -0.4 is 10.1 Å². The molecule has 1 N–H and O–H groups in total. The molecule has 0 heterocycles. The molecule has 0 aliphatic rings. The zero-order valence-electron chi connectivity index (χ0n) is 11.4. The smallest absolute Gasteiger partial charge is 0.180 e. The van der Waals surface area contributed by atoms with E-state index in [1.807, 2.05) is 31.2 Å². The van der Waals surface area contributed by atoms with Crippen LogP contribution >= 0.6 is 0 Å². The molecule has 0 saturated heterocycles. The SMILES string of the molecule is CCCCCNCC(=O)c1ccccc1OCC. The summed E-state index contributed by atoms with van der Waals surface area (Å²) in [7, 11) is 0. The van der Waals surface area contributed by atoms with E-state index in [2.05, 4.69) is 12.2 Å². The number of para-hydroxylation sites is 1. The predicted molar refractivity (Wildman–Crippen MR) is 74.3 cm³/mol. The van der Waals surface area contributed by atoms with Crippen LogP contribution in [0.3, 0.4) is 0 Å². The van der Waals surface area contributed by atoms with Crippen molar-refractivity contribution in [1.82, 2.24) is 5.32 Å². The number of carbonyl (C=O) groups excluding carboxylic acids is 1. The molecule has 0 aliphatic heterocycles. The molecule has 0 aromatic heterocycles. The number of hydrogen-bond acceptors (Lipinski definition) is 3. The topological polar surface area (TPSA) is 38.3 Å². The minimum Gasteiger partial charge on any atom is -0.493 e. The molecule has 0 amide bonds. The van der Waals surface area contributed by atoms with Gasteiger partial charge in [0.05, 0.1) is 18.7 Å². The van der Waals surface area contributed by atoms with E-state index in [1.54, 1.807) is 0 Å². The number of Topliss-reactive ketones (excluding diaryl/α,β-unsaturated/α-hetero) is 1. The Labute approximate surface area is 110 Å². The normalized spacial score (nSPS) is 10.3. The first kappa shape index (κ1) is 14.7.